The monoisotopic (exact) mass is 299 g/mol. The average Bonchev–Trinajstić information content (AvgIpc) is 2.82. The van der Waals surface area contributed by atoms with E-state index in [1.807, 2.05) is 0 Å². The molecule has 0 aliphatic carbocycles. The molecule has 1 rings (SSSR count). The summed E-state index contributed by atoms with van der Waals surface area (Å²) in [5, 5.41) is 3.63. The third-order valence-electron chi connectivity index (χ3n) is 4.12. The standard InChI is InChI=1S/C17H37N3O/c1-15(2)11-20(9-8-19(5)6)13-17(7-10-21-14-17)12-18-16(3)4/h15-16,18H,7-14H2,1-6H3. The van der Waals surface area contributed by atoms with E-state index in [0.29, 0.717) is 17.4 Å². The van der Waals surface area contributed by atoms with Crippen molar-refractivity contribution in [2.75, 3.05) is 60.0 Å². The van der Waals surface area contributed by atoms with Crippen molar-refractivity contribution < 1.29 is 4.74 Å². The Hall–Kier alpha value is -0.160. The van der Waals surface area contributed by atoms with Gasteiger partial charge >= 0.3 is 0 Å². The molecule has 0 aromatic rings. The molecule has 0 aromatic carbocycles. The van der Waals surface area contributed by atoms with Crippen LogP contribution in [0.1, 0.15) is 34.1 Å². The molecule has 0 amide bonds. The molecule has 1 N–H and O–H groups in total. The summed E-state index contributed by atoms with van der Waals surface area (Å²) < 4.78 is 5.75. The molecule has 4 nitrogen and oxygen atoms in total. The van der Waals surface area contributed by atoms with E-state index in [1.165, 1.54) is 13.0 Å². The van der Waals surface area contributed by atoms with E-state index < -0.39 is 0 Å². The van der Waals surface area contributed by atoms with Gasteiger partial charge in [-0.2, -0.15) is 0 Å². The number of nitrogens with one attached hydrogen (secondary N) is 1. The van der Waals surface area contributed by atoms with E-state index in [9.17, 15) is 0 Å². The maximum atomic E-state index is 5.75. The number of hydrogen-bond acceptors (Lipinski definition) is 4. The summed E-state index contributed by atoms with van der Waals surface area (Å²) in [7, 11) is 4.31. The van der Waals surface area contributed by atoms with E-state index in [1.54, 1.807) is 0 Å². The van der Waals surface area contributed by atoms with Crippen LogP contribution in [0.3, 0.4) is 0 Å². The minimum atomic E-state index is 0.297. The lowest BCUT2D eigenvalue weighted by atomic mass is 9.86. The molecule has 1 unspecified atom stereocenters. The van der Waals surface area contributed by atoms with Crippen molar-refractivity contribution in [1.29, 1.82) is 0 Å². The normalized spacial score (nSPS) is 23.1. The molecule has 1 aliphatic heterocycles. The van der Waals surface area contributed by atoms with Crippen LogP contribution in [0.25, 0.3) is 0 Å². The van der Waals surface area contributed by atoms with E-state index in [-0.39, 0.29) is 0 Å². The van der Waals surface area contributed by atoms with Gasteiger partial charge in [-0.15, -0.1) is 0 Å². The summed E-state index contributed by atoms with van der Waals surface area (Å²) in [6.07, 6.45) is 1.18. The zero-order valence-corrected chi connectivity index (χ0v) is 15.1. The molecule has 126 valence electrons. The highest BCUT2D eigenvalue weighted by Crippen LogP contribution is 2.29. The fourth-order valence-electron chi connectivity index (χ4n) is 2.96. The summed E-state index contributed by atoms with van der Waals surface area (Å²) in [6.45, 7) is 16.6. The number of nitrogens with zero attached hydrogens (tertiary/aromatic N) is 2. The minimum Gasteiger partial charge on any atom is -0.381 e. The molecule has 0 saturated carbocycles. The molecule has 1 aliphatic rings. The third-order valence-corrected chi connectivity index (χ3v) is 4.12. The van der Waals surface area contributed by atoms with Crippen molar-refractivity contribution in [2.45, 2.75) is 40.2 Å². The van der Waals surface area contributed by atoms with Gasteiger partial charge in [0.2, 0.25) is 0 Å². The SMILES string of the molecule is CC(C)CN(CCN(C)C)CC1(CNC(C)C)CCOC1. The van der Waals surface area contributed by atoms with Crippen molar-refractivity contribution in [3.8, 4) is 0 Å². The Kier molecular flexibility index (Phi) is 8.17. The molecule has 0 bridgehead atoms. The van der Waals surface area contributed by atoms with E-state index in [0.717, 1.165) is 39.4 Å². The van der Waals surface area contributed by atoms with Crippen molar-refractivity contribution in [3.63, 3.8) is 0 Å². The van der Waals surface area contributed by atoms with Gasteiger partial charge in [-0.05, 0) is 26.4 Å². The molecule has 0 aromatic heterocycles. The summed E-state index contributed by atoms with van der Waals surface area (Å²) in [6, 6.07) is 0.544. The van der Waals surface area contributed by atoms with Gasteiger partial charge in [0.05, 0.1) is 6.61 Å². The molecule has 21 heavy (non-hydrogen) atoms. The number of hydrogen-bond donors (Lipinski definition) is 1. The highest BCUT2D eigenvalue weighted by molar-refractivity contribution is 4.89. The summed E-state index contributed by atoms with van der Waals surface area (Å²) in [5.41, 5.74) is 0.297. The Morgan fingerprint density at radius 2 is 1.86 bits per heavy atom. The predicted octanol–water partition coefficient (Wildman–Crippen LogP) is 1.91. The van der Waals surface area contributed by atoms with Gasteiger partial charge < -0.3 is 19.9 Å². The fraction of sp³-hybridized carbons (Fsp3) is 1.00. The second kappa shape index (κ2) is 9.09. The van der Waals surface area contributed by atoms with Crippen LogP contribution in [-0.4, -0.2) is 75.9 Å². The van der Waals surface area contributed by atoms with Gasteiger partial charge in [-0.3, -0.25) is 0 Å². The smallest absolute Gasteiger partial charge is 0.0547 e. The molecular weight excluding hydrogens is 262 g/mol. The zero-order chi connectivity index (χ0) is 15.9. The quantitative estimate of drug-likeness (QED) is 0.667. The van der Waals surface area contributed by atoms with Crippen LogP contribution in [0.15, 0.2) is 0 Å². The minimum absolute atomic E-state index is 0.297. The molecular formula is C17H37N3O. The number of likely N-dealkylation sites (N-methyl/N-ethyl adjacent to an activating group) is 1. The maximum Gasteiger partial charge on any atom is 0.0547 e. The lowest BCUT2D eigenvalue weighted by molar-refractivity contribution is 0.0966. The van der Waals surface area contributed by atoms with E-state index in [2.05, 4.69) is 56.9 Å². The van der Waals surface area contributed by atoms with Gasteiger partial charge in [0.25, 0.3) is 0 Å². The molecule has 1 atom stereocenters. The average molecular weight is 300 g/mol. The lowest BCUT2D eigenvalue weighted by Gasteiger charge is -2.36. The first-order valence-corrected chi connectivity index (χ1v) is 8.51. The first-order chi connectivity index (χ1) is 9.83. The van der Waals surface area contributed by atoms with Gasteiger partial charge in [0, 0.05) is 50.8 Å². The second-order valence-electron chi connectivity index (χ2n) is 7.77. The van der Waals surface area contributed by atoms with Crippen LogP contribution in [0, 0.1) is 11.3 Å². The largest absolute Gasteiger partial charge is 0.381 e. The zero-order valence-electron chi connectivity index (χ0n) is 15.1. The van der Waals surface area contributed by atoms with Crippen molar-refractivity contribution in [3.05, 3.63) is 0 Å². The Labute approximate surface area is 132 Å². The molecule has 0 spiro atoms. The summed E-state index contributed by atoms with van der Waals surface area (Å²) in [5.74, 6) is 0.713. The topological polar surface area (TPSA) is 27.7 Å². The molecule has 1 saturated heterocycles. The van der Waals surface area contributed by atoms with E-state index in [4.69, 9.17) is 4.74 Å². The molecule has 1 heterocycles. The number of rotatable bonds is 10. The van der Waals surface area contributed by atoms with Crippen molar-refractivity contribution in [1.82, 2.24) is 15.1 Å². The fourth-order valence-corrected chi connectivity index (χ4v) is 2.96. The lowest BCUT2D eigenvalue weighted by Crippen LogP contribution is -2.48. The van der Waals surface area contributed by atoms with Crippen LogP contribution >= 0.6 is 0 Å². The molecule has 4 heteroatoms. The highest BCUT2D eigenvalue weighted by atomic mass is 16.5. The van der Waals surface area contributed by atoms with Crippen molar-refractivity contribution >= 4 is 0 Å². The molecule has 1 fully saturated rings. The van der Waals surface area contributed by atoms with E-state index >= 15 is 0 Å². The van der Waals surface area contributed by atoms with Gasteiger partial charge in [-0.25, -0.2) is 0 Å². The Morgan fingerprint density at radius 3 is 2.33 bits per heavy atom. The van der Waals surface area contributed by atoms with Crippen LogP contribution in [0.2, 0.25) is 0 Å². The third kappa shape index (κ3) is 7.59. The number of ether oxygens (including phenoxy) is 1. The second-order valence-corrected chi connectivity index (χ2v) is 7.77. The Bertz CT molecular complexity index is 273. The summed E-state index contributed by atoms with van der Waals surface area (Å²) in [4.78, 5) is 4.92. The Morgan fingerprint density at radius 1 is 1.14 bits per heavy atom. The predicted molar refractivity (Wildman–Crippen MR) is 90.8 cm³/mol. The van der Waals surface area contributed by atoms with Crippen LogP contribution in [0.5, 0.6) is 0 Å². The van der Waals surface area contributed by atoms with Gasteiger partial charge in [-0.1, -0.05) is 27.7 Å². The maximum absolute atomic E-state index is 5.75. The highest BCUT2D eigenvalue weighted by Gasteiger charge is 2.36. The Balaban J connectivity index is 2.61. The first-order valence-electron chi connectivity index (χ1n) is 8.51. The van der Waals surface area contributed by atoms with Gasteiger partial charge in [0.15, 0.2) is 0 Å². The summed E-state index contributed by atoms with van der Waals surface area (Å²) >= 11 is 0. The van der Waals surface area contributed by atoms with Crippen LogP contribution in [0.4, 0.5) is 0 Å². The van der Waals surface area contributed by atoms with Crippen LogP contribution < -0.4 is 5.32 Å². The first kappa shape index (κ1) is 18.9. The molecule has 0 radical (unpaired) electrons. The van der Waals surface area contributed by atoms with Crippen molar-refractivity contribution in [2.24, 2.45) is 11.3 Å². The van der Waals surface area contributed by atoms with Crippen LogP contribution in [-0.2, 0) is 4.74 Å². The van der Waals surface area contributed by atoms with Gasteiger partial charge in [0.1, 0.15) is 0 Å².